The fourth-order valence-electron chi connectivity index (χ4n) is 2.33. The number of thioether (sulfide) groups is 2. The van der Waals surface area contributed by atoms with Gasteiger partial charge in [0.1, 0.15) is 0 Å². The molecule has 3 atom stereocenters. The van der Waals surface area contributed by atoms with Gasteiger partial charge in [-0.15, -0.1) is 0 Å². The standard InChI is InChI=1S/C13H26N2OS2/c1-10(7-8-17-3)14-13(16)15(2)11-5-6-12(9-11)18-4/h10-12H,5-9H2,1-4H3,(H,14,16)/t10-,11+,12+/m0/s1. The van der Waals surface area contributed by atoms with Crippen LogP contribution in [0, 0.1) is 0 Å². The van der Waals surface area contributed by atoms with Crippen LogP contribution in [0.25, 0.3) is 0 Å². The van der Waals surface area contributed by atoms with E-state index in [1.807, 2.05) is 35.5 Å². The van der Waals surface area contributed by atoms with Crippen LogP contribution in [0.1, 0.15) is 32.6 Å². The van der Waals surface area contributed by atoms with Crippen LogP contribution in [-0.4, -0.2) is 53.6 Å². The molecule has 2 amide bonds. The molecule has 0 aliphatic heterocycles. The van der Waals surface area contributed by atoms with Crippen molar-refractivity contribution in [1.82, 2.24) is 10.2 Å². The molecule has 1 fully saturated rings. The lowest BCUT2D eigenvalue weighted by Crippen LogP contribution is -2.46. The van der Waals surface area contributed by atoms with Crippen molar-refractivity contribution < 1.29 is 4.79 Å². The number of carbonyl (C=O) groups excluding carboxylic acids is 1. The number of nitrogens with one attached hydrogen (secondary N) is 1. The Balaban J connectivity index is 2.32. The second-order valence-corrected chi connectivity index (χ2v) is 7.19. The number of hydrogen-bond acceptors (Lipinski definition) is 3. The van der Waals surface area contributed by atoms with Gasteiger partial charge in [-0.1, -0.05) is 0 Å². The molecule has 1 N–H and O–H groups in total. The second kappa shape index (κ2) is 8.20. The molecule has 0 bridgehead atoms. The van der Waals surface area contributed by atoms with Crippen LogP contribution < -0.4 is 5.32 Å². The predicted octanol–water partition coefficient (Wildman–Crippen LogP) is 3.05. The largest absolute Gasteiger partial charge is 0.336 e. The summed E-state index contributed by atoms with van der Waals surface area (Å²) in [6.45, 7) is 2.08. The number of carbonyl (C=O) groups is 1. The molecule has 106 valence electrons. The summed E-state index contributed by atoms with van der Waals surface area (Å²) < 4.78 is 0. The molecule has 0 radical (unpaired) electrons. The summed E-state index contributed by atoms with van der Waals surface area (Å²) in [6, 6.07) is 0.788. The third kappa shape index (κ3) is 4.92. The van der Waals surface area contributed by atoms with E-state index in [2.05, 4.69) is 24.8 Å². The lowest BCUT2D eigenvalue weighted by molar-refractivity contribution is 0.187. The molecular formula is C13H26N2OS2. The van der Waals surface area contributed by atoms with E-state index in [-0.39, 0.29) is 12.1 Å². The highest BCUT2D eigenvalue weighted by molar-refractivity contribution is 7.99. The highest BCUT2D eigenvalue weighted by Gasteiger charge is 2.29. The Hall–Kier alpha value is -0.0300. The van der Waals surface area contributed by atoms with Gasteiger partial charge in [-0.3, -0.25) is 0 Å². The molecular weight excluding hydrogens is 264 g/mol. The zero-order valence-electron chi connectivity index (χ0n) is 11.9. The van der Waals surface area contributed by atoms with Crippen molar-refractivity contribution in [2.75, 3.05) is 25.3 Å². The summed E-state index contributed by atoms with van der Waals surface area (Å²) in [4.78, 5) is 14.0. The Bertz CT molecular complexity index is 263. The average molecular weight is 290 g/mol. The Morgan fingerprint density at radius 2 is 2.17 bits per heavy atom. The van der Waals surface area contributed by atoms with Gasteiger partial charge < -0.3 is 10.2 Å². The Labute approximate surface area is 120 Å². The van der Waals surface area contributed by atoms with Gasteiger partial charge in [0.15, 0.2) is 0 Å². The summed E-state index contributed by atoms with van der Waals surface area (Å²) in [7, 11) is 1.93. The molecule has 5 heteroatoms. The monoisotopic (exact) mass is 290 g/mol. The maximum absolute atomic E-state index is 12.1. The molecule has 1 aliphatic carbocycles. The first kappa shape index (κ1) is 16.0. The van der Waals surface area contributed by atoms with Crippen molar-refractivity contribution >= 4 is 29.6 Å². The van der Waals surface area contributed by atoms with E-state index in [0.29, 0.717) is 6.04 Å². The SMILES string of the molecule is CSCC[C@H](C)NC(=O)N(C)[C@@H]1CC[C@@H](SC)C1. The molecule has 1 saturated carbocycles. The average Bonchev–Trinajstić information content (AvgIpc) is 2.83. The van der Waals surface area contributed by atoms with Gasteiger partial charge in [0.25, 0.3) is 0 Å². The molecule has 0 unspecified atom stereocenters. The van der Waals surface area contributed by atoms with Crippen molar-refractivity contribution in [1.29, 1.82) is 0 Å². The van der Waals surface area contributed by atoms with Crippen molar-refractivity contribution in [2.45, 2.75) is 49.9 Å². The maximum Gasteiger partial charge on any atom is 0.317 e. The van der Waals surface area contributed by atoms with E-state index in [4.69, 9.17) is 0 Å². The topological polar surface area (TPSA) is 32.3 Å². The van der Waals surface area contributed by atoms with Gasteiger partial charge in [-0.25, -0.2) is 4.79 Å². The minimum absolute atomic E-state index is 0.0929. The first-order valence-electron chi connectivity index (χ1n) is 6.63. The fraction of sp³-hybridized carbons (Fsp3) is 0.923. The minimum Gasteiger partial charge on any atom is -0.336 e. The third-order valence-corrected chi connectivity index (χ3v) is 5.42. The van der Waals surface area contributed by atoms with Crippen molar-refractivity contribution in [3.8, 4) is 0 Å². The van der Waals surface area contributed by atoms with E-state index in [1.54, 1.807) is 0 Å². The number of rotatable bonds is 6. The van der Waals surface area contributed by atoms with Gasteiger partial charge in [-0.05, 0) is 50.9 Å². The van der Waals surface area contributed by atoms with Crippen molar-refractivity contribution in [3.05, 3.63) is 0 Å². The van der Waals surface area contributed by atoms with Crippen LogP contribution in [0.4, 0.5) is 4.79 Å². The zero-order valence-corrected chi connectivity index (χ0v) is 13.6. The fourth-order valence-corrected chi connectivity index (χ4v) is 3.70. The van der Waals surface area contributed by atoms with Crippen LogP contribution in [0.5, 0.6) is 0 Å². The summed E-state index contributed by atoms with van der Waals surface area (Å²) >= 11 is 3.76. The normalized spacial score (nSPS) is 24.9. The Morgan fingerprint density at radius 3 is 2.72 bits per heavy atom. The second-order valence-electron chi connectivity index (χ2n) is 5.07. The van der Waals surface area contributed by atoms with Crippen molar-refractivity contribution in [2.24, 2.45) is 0 Å². The first-order chi connectivity index (χ1) is 8.58. The van der Waals surface area contributed by atoms with Crippen LogP contribution in [-0.2, 0) is 0 Å². The molecule has 1 rings (SSSR count). The summed E-state index contributed by atoms with van der Waals surface area (Å²) in [5.41, 5.74) is 0. The van der Waals surface area contributed by atoms with Crippen LogP contribution in [0.3, 0.4) is 0 Å². The lowest BCUT2D eigenvalue weighted by atomic mass is 10.2. The number of nitrogens with zero attached hydrogens (tertiary/aromatic N) is 1. The molecule has 0 aromatic carbocycles. The van der Waals surface area contributed by atoms with Gasteiger partial charge in [0, 0.05) is 24.4 Å². The zero-order chi connectivity index (χ0) is 13.5. The highest BCUT2D eigenvalue weighted by Crippen LogP contribution is 2.30. The van der Waals surface area contributed by atoms with Crippen LogP contribution >= 0.6 is 23.5 Å². The number of amides is 2. The highest BCUT2D eigenvalue weighted by atomic mass is 32.2. The van der Waals surface area contributed by atoms with Gasteiger partial charge >= 0.3 is 6.03 Å². The summed E-state index contributed by atoms with van der Waals surface area (Å²) in [5.74, 6) is 1.10. The van der Waals surface area contributed by atoms with Gasteiger partial charge in [0.05, 0.1) is 0 Å². The van der Waals surface area contributed by atoms with E-state index >= 15 is 0 Å². The molecule has 0 saturated heterocycles. The molecule has 0 spiro atoms. The molecule has 18 heavy (non-hydrogen) atoms. The summed E-state index contributed by atoms with van der Waals surface area (Å²) in [6.07, 6.45) is 8.84. The molecule has 0 aromatic heterocycles. The number of urea groups is 1. The Kier molecular flexibility index (Phi) is 7.30. The third-order valence-electron chi connectivity index (χ3n) is 3.68. The summed E-state index contributed by atoms with van der Waals surface area (Å²) in [5, 5.41) is 3.83. The molecule has 0 heterocycles. The first-order valence-corrected chi connectivity index (χ1v) is 9.31. The molecule has 3 nitrogen and oxygen atoms in total. The van der Waals surface area contributed by atoms with E-state index < -0.39 is 0 Å². The van der Waals surface area contributed by atoms with Crippen molar-refractivity contribution in [3.63, 3.8) is 0 Å². The minimum atomic E-state index is 0.0929. The maximum atomic E-state index is 12.1. The van der Waals surface area contributed by atoms with Gasteiger partial charge in [0.2, 0.25) is 0 Å². The van der Waals surface area contributed by atoms with E-state index in [1.165, 1.54) is 6.42 Å². The number of hydrogen-bond donors (Lipinski definition) is 1. The van der Waals surface area contributed by atoms with Crippen LogP contribution in [0.2, 0.25) is 0 Å². The van der Waals surface area contributed by atoms with Crippen LogP contribution in [0.15, 0.2) is 0 Å². The molecule has 0 aromatic rings. The molecule has 1 aliphatic rings. The predicted molar refractivity (Wildman–Crippen MR) is 83.7 cm³/mol. The van der Waals surface area contributed by atoms with E-state index in [0.717, 1.165) is 30.3 Å². The lowest BCUT2D eigenvalue weighted by Gasteiger charge is -2.26. The van der Waals surface area contributed by atoms with Gasteiger partial charge in [-0.2, -0.15) is 23.5 Å². The Morgan fingerprint density at radius 1 is 1.44 bits per heavy atom. The quantitative estimate of drug-likeness (QED) is 0.816. The smallest absolute Gasteiger partial charge is 0.317 e. The van der Waals surface area contributed by atoms with E-state index in [9.17, 15) is 4.79 Å².